The smallest absolute Gasteiger partial charge is 0.414 e. The van der Waals surface area contributed by atoms with Gasteiger partial charge in [-0.3, -0.25) is 24.1 Å². The summed E-state index contributed by atoms with van der Waals surface area (Å²) < 4.78 is 7.02. The van der Waals surface area contributed by atoms with Crippen LogP contribution in [0.5, 0.6) is 0 Å². The number of anilines is 3. The number of fused-ring (bicyclic) bond motifs is 1. The van der Waals surface area contributed by atoms with Gasteiger partial charge < -0.3 is 15.2 Å². The quantitative estimate of drug-likeness (QED) is 0.692. The van der Waals surface area contributed by atoms with Gasteiger partial charge in [0, 0.05) is 36.9 Å². The van der Waals surface area contributed by atoms with Crippen molar-refractivity contribution in [2.75, 3.05) is 21.7 Å². The molecule has 0 aliphatic carbocycles. The van der Waals surface area contributed by atoms with E-state index in [1.807, 2.05) is 0 Å². The highest BCUT2D eigenvalue weighted by atomic mass is 16.6. The van der Waals surface area contributed by atoms with Crippen molar-refractivity contribution < 1.29 is 24.2 Å². The summed E-state index contributed by atoms with van der Waals surface area (Å²) in [5, 5.41) is 17.3. The summed E-state index contributed by atoms with van der Waals surface area (Å²) in [5.74, 6) is -0.576. The van der Waals surface area contributed by atoms with Crippen LogP contribution >= 0.6 is 0 Å². The van der Waals surface area contributed by atoms with E-state index in [9.17, 15) is 19.5 Å². The minimum atomic E-state index is -0.973. The average Bonchev–Trinajstić information content (AvgIpc) is 3.11. The summed E-state index contributed by atoms with van der Waals surface area (Å²) in [4.78, 5) is 40.2. The monoisotopic (exact) mass is 469 g/mol. The number of ether oxygens (including phenoxy) is 1. The molecule has 1 aliphatic heterocycles. The lowest BCUT2D eigenvalue weighted by molar-refractivity contribution is -0.116. The van der Waals surface area contributed by atoms with Crippen molar-refractivity contribution in [2.24, 2.45) is 0 Å². The van der Waals surface area contributed by atoms with E-state index < -0.39 is 11.7 Å². The first-order valence-corrected chi connectivity index (χ1v) is 10.9. The fraction of sp³-hybridized carbons (Fsp3) is 0.417. The van der Waals surface area contributed by atoms with Crippen molar-refractivity contribution in [3.8, 4) is 11.1 Å². The fourth-order valence-electron chi connectivity index (χ4n) is 3.82. The van der Waals surface area contributed by atoms with Gasteiger partial charge in [0.1, 0.15) is 0 Å². The molecule has 0 spiro atoms. The number of hydrogen-bond acceptors (Lipinski definition) is 6. The van der Waals surface area contributed by atoms with Crippen LogP contribution in [0.1, 0.15) is 41.5 Å². The molecule has 1 aliphatic rings. The molecule has 1 aromatic carbocycles. The highest BCUT2D eigenvalue weighted by molar-refractivity contribution is 6.08. The van der Waals surface area contributed by atoms with Crippen LogP contribution < -0.4 is 15.1 Å². The summed E-state index contributed by atoms with van der Waals surface area (Å²) in [6, 6.07) is 3.36. The fourth-order valence-corrected chi connectivity index (χ4v) is 3.82. The lowest BCUT2D eigenvalue weighted by atomic mass is 10.0. The lowest BCUT2D eigenvalue weighted by Gasteiger charge is -2.38. The third-order valence-corrected chi connectivity index (χ3v) is 4.98. The second-order valence-corrected chi connectivity index (χ2v) is 9.25. The van der Waals surface area contributed by atoms with Crippen molar-refractivity contribution in [3.05, 3.63) is 36.8 Å². The first-order valence-electron chi connectivity index (χ1n) is 10.9. The summed E-state index contributed by atoms with van der Waals surface area (Å²) in [5.41, 5.74) is 1.96. The van der Waals surface area contributed by atoms with Crippen LogP contribution in [-0.4, -0.2) is 51.0 Å². The largest absolute Gasteiger partial charge is 0.446 e. The topological polar surface area (TPSA) is 117 Å². The van der Waals surface area contributed by atoms with Gasteiger partial charge >= 0.3 is 6.09 Å². The molecular weight excluding hydrogens is 438 g/mol. The van der Waals surface area contributed by atoms with E-state index in [4.69, 9.17) is 4.74 Å². The molecule has 3 rings (SSSR count). The molecule has 0 bridgehead atoms. The number of hydrogen-bond donors (Lipinski definition) is 2. The van der Waals surface area contributed by atoms with Crippen molar-refractivity contribution in [1.82, 2.24) is 9.78 Å². The number of carbonyl (C=O) groups is 3. The molecule has 0 fully saturated rings. The number of amides is 3. The Morgan fingerprint density at radius 2 is 1.91 bits per heavy atom. The Bertz CT molecular complexity index is 1150. The van der Waals surface area contributed by atoms with E-state index in [-0.39, 0.29) is 31.0 Å². The number of benzene rings is 1. The molecule has 0 atom stereocenters. The molecular formula is C24H31N5O5. The Morgan fingerprint density at radius 3 is 2.47 bits per heavy atom. The van der Waals surface area contributed by atoms with Gasteiger partial charge in [-0.2, -0.15) is 5.10 Å². The zero-order chi connectivity index (χ0) is 25.4. The normalized spacial score (nSPS) is 13.7. The van der Waals surface area contributed by atoms with Gasteiger partial charge in [0.15, 0.2) is 0 Å². The number of aromatic nitrogens is 2. The second-order valence-electron chi connectivity index (χ2n) is 9.25. The first-order chi connectivity index (χ1) is 15.8. The van der Waals surface area contributed by atoms with Crippen molar-refractivity contribution >= 4 is 35.0 Å². The van der Waals surface area contributed by atoms with Crippen LogP contribution in [-0.2, 0) is 20.9 Å². The Hall–Kier alpha value is -3.66. The van der Waals surface area contributed by atoms with Gasteiger partial charge in [-0.05, 0) is 39.8 Å². The molecule has 2 N–H and O–H groups in total. The summed E-state index contributed by atoms with van der Waals surface area (Å²) in [6.45, 7) is 13.9. The third kappa shape index (κ3) is 5.45. The van der Waals surface area contributed by atoms with Crippen LogP contribution in [0.2, 0.25) is 0 Å². The number of aliphatic hydroxyl groups is 1. The number of nitrogens with one attached hydrogen (secondary N) is 1. The Balaban J connectivity index is 2.21. The van der Waals surface area contributed by atoms with Crippen molar-refractivity contribution in [3.63, 3.8) is 0 Å². The van der Waals surface area contributed by atoms with E-state index in [1.54, 1.807) is 56.9 Å². The second kappa shape index (κ2) is 9.30. The van der Waals surface area contributed by atoms with Crippen LogP contribution in [0.3, 0.4) is 0 Å². The lowest BCUT2D eigenvalue weighted by Crippen LogP contribution is -2.44. The van der Waals surface area contributed by atoms with Crippen molar-refractivity contribution in [1.29, 1.82) is 0 Å². The summed E-state index contributed by atoms with van der Waals surface area (Å²) in [6.07, 6.45) is 2.44. The molecule has 2 aromatic rings. The van der Waals surface area contributed by atoms with Crippen molar-refractivity contribution in [2.45, 2.75) is 59.8 Å². The number of nitrogens with zero attached hydrogens (tertiary/aromatic N) is 4. The molecule has 0 saturated carbocycles. The van der Waals surface area contributed by atoms with E-state index in [1.165, 1.54) is 23.6 Å². The molecule has 2 heterocycles. The van der Waals surface area contributed by atoms with Gasteiger partial charge in [0.25, 0.3) is 0 Å². The summed E-state index contributed by atoms with van der Waals surface area (Å²) in [7, 11) is 0. The highest BCUT2D eigenvalue weighted by Crippen LogP contribution is 2.44. The van der Waals surface area contributed by atoms with Gasteiger partial charge in [-0.25, -0.2) is 4.79 Å². The molecule has 10 heteroatoms. The highest BCUT2D eigenvalue weighted by Gasteiger charge is 2.34. The van der Waals surface area contributed by atoms with Crippen LogP contribution in [0.15, 0.2) is 36.8 Å². The van der Waals surface area contributed by atoms with Crippen LogP contribution in [0, 0.1) is 0 Å². The van der Waals surface area contributed by atoms with Gasteiger partial charge in [-0.1, -0.05) is 6.58 Å². The first kappa shape index (κ1) is 25.0. The van der Waals surface area contributed by atoms with E-state index in [0.29, 0.717) is 33.9 Å². The average molecular weight is 470 g/mol. The SMILES string of the molecule is C=C1CN(C(=O)OC(C)C)c2cc(-c3cnn(CC(C)(C)O)c3)c(NC(C)=O)cc2N1C(C)=O. The molecule has 0 saturated heterocycles. The van der Waals surface area contributed by atoms with Gasteiger partial charge in [0.2, 0.25) is 11.8 Å². The Morgan fingerprint density at radius 1 is 1.24 bits per heavy atom. The third-order valence-electron chi connectivity index (χ3n) is 4.98. The molecule has 0 radical (unpaired) electrons. The van der Waals surface area contributed by atoms with Gasteiger partial charge in [0.05, 0.1) is 48.1 Å². The van der Waals surface area contributed by atoms with E-state index in [0.717, 1.165) is 0 Å². The number of carbonyl (C=O) groups excluding carboxylic acids is 3. The maximum Gasteiger partial charge on any atom is 0.414 e. The zero-order valence-corrected chi connectivity index (χ0v) is 20.4. The Labute approximate surface area is 198 Å². The zero-order valence-electron chi connectivity index (χ0n) is 20.4. The van der Waals surface area contributed by atoms with Crippen LogP contribution in [0.25, 0.3) is 11.1 Å². The van der Waals surface area contributed by atoms with Gasteiger partial charge in [-0.15, -0.1) is 0 Å². The predicted molar refractivity (Wildman–Crippen MR) is 130 cm³/mol. The van der Waals surface area contributed by atoms with E-state index >= 15 is 0 Å². The van der Waals surface area contributed by atoms with Crippen LogP contribution in [0.4, 0.5) is 21.9 Å². The predicted octanol–water partition coefficient (Wildman–Crippen LogP) is 3.51. The van der Waals surface area contributed by atoms with E-state index in [2.05, 4.69) is 17.0 Å². The molecule has 182 valence electrons. The minimum absolute atomic E-state index is 0.0645. The maximum absolute atomic E-state index is 12.9. The molecule has 3 amide bonds. The molecule has 34 heavy (non-hydrogen) atoms. The maximum atomic E-state index is 12.9. The molecule has 0 unspecified atom stereocenters. The minimum Gasteiger partial charge on any atom is -0.446 e. The summed E-state index contributed by atoms with van der Waals surface area (Å²) >= 11 is 0. The number of rotatable bonds is 5. The molecule has 1 aromatic heterocycles. The Kier molecular flexibility index (Phi) is 6.83. The standard InChI is InChI=1S/C24H31N5O5/c1-14(2)34-23(32)28-11-15(3)29(17(5)31)22-9-20(26-16(4)30)19(8-21(22)28)18-10-25-27(12-18)13-24(6,7)33/h8-10,12,14,33H,3,11,13H2,1-2,4-7H3,(H,26,30). The molecule has 10 nitrogen and oxygen atoms in total.